The zero-order valence-corrected chi connectivity index (χ0v) is 17.8. The smallest absolute Gasteiger partial charge is 0.258 e. The second-order valence-electron chi connectivity index (χ2n) is 7.91. The number of benzene rings is 2. The van der Waals surface area contributed by atoms with Crippen LogP contribution < -0.4 is 10.1 Å². The minimum Gasteiger partial charge on any atom is -0.490 e. The van der Waals surface area contributed by atoms with Crippen LogP contribution in [0.3, 0.4) is 0 Å². The summed E-state index contributed by atoms with van der Waals surface area (Å²) in [7, 11) is 0. The molecule has 0 radical (unpaired) electrons. The van der Waals surface area contributed by atoms with Crippen molar-refractivity contribution in [2.24, 2.45) is 0 Å². The monoisotopic (exact) mass is 418 g/mol. The maximum atomic E-state index is 9.48. The van der Waals surface area contributed by atoms with E-state index in [1.165, 1.54) is 11.1 Å². The quantitative estimate of drug-likeness (QED) is 0.532. The number of aliphatic hydroxyl groups excluding tert-OH is 1. The normalized spacial score (nSPS) is 15.1. The summed E-state index contributed by atoms with van der Waals surface area (Å²) in [6.07, 6.45) is 2.66. The maximum absolute atomic E-state index is 9.48. The van der Waals surface area contributed by atoms with Crippen LogP contribution in [0, 0.1) is 11.3 Å². The van der Waals surface area contributed by atoms with Crippen LogP contribution in [-0.2, 0) is 6.42 Å². The van der Waals surface area contributed by atoms with Crippen molar-refractivity contribution >= 4 is 0 Å². The fraction of sp³-hybridized carbons (Fsp3) is 0.375. The number of aliphatic hydroxyl groups is 1. The van der Waals surface area contributed by atoms with Crippen molar-refractivity contribution in [2.75, 3.05) is 13.2 Å². The highest BCUT2D eigenvalue weighted by Crippen LogP contribution is 2.37. The summed E-state index contributed by atoms with van der Waals surface area (Å²) < 4.78 is 11.2. The Hall–Kier alpha value is -3.21. The molecule has 1 aromatic heterocycles. The molecule has 0 spiro atoms. The van der Waals surface area contributed by atoms with Crippen LogP contribution in [0.5, 0.6) is 5.75 Å². The van der Waals surface area contributed by atoms with Gasteiger partial charge in [-0.2, -0.15) is 10.2 Å². The van der Waals surface area contributed by atoms with Gasteiger partial charge in [-0.15, -0.1) is 0 Å². The molecule has 1 aliphatic carbocycles. The molecular formula is C24H26N4O3. The van der Waals surface area contributed by atoms with Crippen molar-refractivity contribution < 1.29 is 14.4 Å². The molecule has 0 saturated carbocycles. The molecule has 0 aliphatic heterocycles. The Kier molecular flexibility index (Phi) is 6.31. The number of nitriles is 1. The van der Waals surface area contributed by atoms with Crippen molar-refractivity contribution in [1.82, 2.24) is 15.5 Å². The molecule has 7 nitrogen and oxygen atoms in total. The van der Waals surface area contributed by atoms with E-state index >= 15 is 0 Å². The molecule has 0 saturated heterocycles. The predicted molar refractivity (Wildman–Crippen MR) is 116 cm³/mol. The third-order valence-corrected chi connectivity index (χ3v) is 5.37. The highest BCUT2D eigenvalue weighted by molar-refractivity contribution is 5.67. The predicted octanol–water partition coefficient (Wildman–Crippen LogP) is 4.02. The number of fused-ring (bicyclic) bond motifs is 1. The zero-order valence-electron chi connectivity index (χ0n) is 17.8. The maximum Gasteiger partial charge on any atom is 0.258 e. The molecule has 3 aromatic rings. The standard InChI is InChI=1S/C24H26N4O3/c1-15(2)30-22-10-7-16(13-17(22)14-25)24-27-23(28-31-24)20-6-3-5-19-18(20)8-9-21(19)26-11-4-12-29/h3,5-7,10,13,15,21,26,29H,4,8-9,11-12H2,1-2H3. The summed E-state index contributed by atoms with van der Waals surface area (Å²) in [6, 6.07) is 13.9. The van der Waals surface area contributed by atoms with Crippen molar-refractivity contribution in [3.8, 4) is 34.7 Å². The van der Waals surface area contributed by atoms with Crippen molar-refractivity contribution in [1.29, 1.82) is 5.26 Å². The van der Waals surface area contributed by atoms with E-state index in [1.807, 2.05) is 32.0 Å². The van der Waals surface area contributed by atoms with Crippen LogP contribution in [0.15, 0.2) is 40.9 Å². The Balaban J connectivity index is 1.60. The summed E-state index contributed by atoms with van der Waals surface area (Å²) >= 11 is 0. The Morgan fingerprint density at radius 3 is 2.97 bits per heavy atom. The van der Waals surface area contributed by atoms with E-state index in [4.69, 9.17) is 14.4 Å². The van der Waals surface area contributed by atoms with E-state index < -0.39 is 0 Å². The summed E-state index contributed by atoms with van der Waals surface area (Å²) in [5.74, 6) is 1.46. The largest absolute Gasteiger partial charge is 0.490 e. The Bertz CT molecular complexity index is 1100. The fourth-order valence-corrected chi connectivity index (χ4v) is 3.99. The van der Waals surface area contributed by atoms with Crippen LogP contribution in [0.25, 0.3) is 22.8 Å². The summed E-state index contributed by atoms with van der Waals surface area (Å²) in [6.45, 7) is 4.82. The van der Waals surface area contributed by atoms with Gasteiger partial charge in [-0.1, -0.05) is 23.4 Å². The van der Waals surface area contributed by atoms with E-state index in [2.05, 4.69) is 27.6 Å². The number of nitrogens with zero attached hydrogens (tertiary/aromatic N) is 3. The van der Waals surface area contributed by atoms with Crippen molar-refractivity contribution in [3.05, 3.63) is 53.1 Å². The number of hydrogen-bond acceptors (Lipinski definition) is 7. The van der Waals surface area contributed by atoms with Gasteiger partial charge in [-0.3, -0.25) is 0 Å². The van der Waals surface area contributed by atoms with Gasteiger partial charge in [0.25, 0.3) is 5.89 Å². The number of nitrogens with one attached hydrogen (secondary N) is 1. The lowest BCUT2D eigenvalue weighted by Crippen LogP contribution is -2.21. The van der Waals surface area contributed by atoms with E-state index in [1.54, 1.807) is 12.1 Å². The number of rotatable bonds is 8. The first-order valence-corrected chi connectivity index (χ1v) is 10.6. The first-order chi connectivity index (χ1) is 15.1. The lowest BCUT2D eigenvalue weighted by Gasteiger charge is -2.14. The van der Waals surface area contributed by atoms with Crippen LogP contribution in [0.1, 0.15) is 49.4 Å². The number of aromatic nitrogens is 2. The molecule has 0 amide bonds. The Morgan fingerprint density at radius 2 is 2.19 bits per heavy atom. The molecular weight excluding hydrogens is 392 g/mol. The molecule has 4 rings (SSSR count). The number of ether oxygens (including phenoxy) is 1. The third kappa shape index (κ3) is 4.46. The van der Waals surface area contributed by atoms with Crippen LogP contribution >= 0.6 is 0 Å². The molecule has 2 N–H and O–H groups in total. The topological polar surface area (TPSA) is 104 Å². The highest BCUT2D eigenvalue weighted by Gasteiger charge is 2.26. The average Bonchev–Trinajstić information content (AvgIpc) is 3.41. The minimum absolute atomic E-state index is 0.0184. The van der Waals surface area contributed by atoms with Gasteiger partial charge in [0.15, 0.2) is 0 Å². The van der Waals surface area contributed by atoms with Gasteiger partial charge in [0.1, 0.15) is 11.8 Å². The van der Waals surface area contributed by atoms with E-state index in [-0.39, 0.29) is 18.8 Å². The van der Waals surface area contributed by atoms with Crippen molar-refractivity contribution in [2.45, 2.75) is 45.3 Å². The summed E-state index contributed by atoms with van der Waals surface area (Å²) in [5, 5.41) is 26.2. The van der Waals surface area contributed by atoms with E-state index in [0.29, 0.717) is 28.6 Å². The molecule has 31 heavy (non-hydrogen) atoms. The third-order valence-electron chi connectivity index (χ3n) is 5.37. The zero-order chi connectivity index (χ0) is 21.8. The number of hydrogen-bond donors (Lipinski definition) is 2. The van der Waals surface area contributed by atoms with Gasteiger partial charge in [0.05, 0.1) is 11.7 Å². The second-order valence-corrected chi connectivity index (χ2v) is 7.91. The highest BCUT2D eigenvalue weighted by atomic mass is 16.5. The fourth-order valence-electron chi connectivity index (χ4n) is 3.99. The van der Waals surface area contributed by atoms with Gasteiger partial charge < -0.3 is 19.7 Å². The van der Waals surface area contributed by atoms with Crippen molar-refractivity contribution in [3.63, 3.8) is 0 Å². The van der Waals surface area contributed by atoms with Crippen LogP contribution in [0.2, 0.25) is 0 Å². The SMILES string of the molecule is CC(C)Oc1ccc(-c2nc(-c3cccc4c3CCC4NCCCO)no2)cc1C#N. The van der Waals surface area contributed by atoms with Crippen LogP contribution in [-0.4, -0.2) is 34.5 Å². The molecule has 1 unspecified atom stereocenters. The van der Waals surface area contributed by atoms with Gasteiger partial charge in [0, 0.05) is 23.8 Å². The molecule has 7 heteroatoms. The summed E-state index contributed by atoms with van der Waals surface area (Å²) in [5.41, 5.74) is 4.57. The summed E-state index contributed by atoms with van der Waals surface area (Å²) in [4.78, 5) is 4.61. The van der Waals surface area contributed by atoms with Gasteiger partial charge >= 0.3 is 0 Å². The first-order valence-electron chi connectivity index (χ1n) is 10.6. The van der Waals surface area contributed by atoms with Crippen LogP contribution in [0.4, 0.5) is 0 Å². The molecule has 160 valence electrons. The molecule has 0 fully saturated rings. The van der Waals surface area contributed by atoms with Gasteiger partial charge in [-0.25, -0.2) is 0 Å². The van der Waals surface area contributed by atoms with Gasteiger partial charge in [-0.05, 0) is 69.0 Å². The van der Waals surface area contributed by atoms with Gasteiger partial charge in [0.2, 0.25) is 5.82 Å². The minimum atomic E-state index is -0.0184. The Morgan fingerprint density at radius 1 is 1.32 bits per heavy atom. The second kappa shape index (κ2) is 9.29. The first kappa shape index (κ1) is 21.0. The lowest BCUT2D eigenvalue weighted by molar-refractivity contribution is 0.241. The molecule has 2 aromatic carbocycles. The molecule has 1 heterocycles. The average molecular weight is 418 g/mol. The Labute approximate surface area is 181 Å². The molecule has 0 bridgehead atoms. The van der Waals surface area contributed by atoms with E-state index in [9.17, 15) is 5.26 Å². The molecule has 1 aliphatic rings. The lowest BCUT2D eigenvalue weighted by atomic mass is 10.0. The van der Waals surface area contributed by atoms with E-state index in [0.717, 1.165) is 31.4 Å². The molecule has 1 atom stereocenters.